The van der Waals surface area contributed by atoms with E-state index in [-0.39, 0.29) is 12.4 Å². The second kappa shape index (κ2) is 8.97. The van der Waals surface area contributed by atoms with E-state index in [2.05, 4.69) is 10.2 Å². The van der Waals surface area contributed by atoms with Gasteiger partial charge in [0.05, 0.1) is 5.02 Å². The third kappa shape index (κ3) is 5.62. The van der Waals surface area contributed by atoms with Crippen LogP contribution >= 0.6 is 24.0 Å². The zero-order valence-electron chi connectivity index (χ0n) is 13.0. The van der Waals surface area contributed by atoms with Gasteiger partial charge in [-0.15, -0.1) is 12.4 Å². The van der Waals surface area contributed by atoms with Crippen molar-refractivity contribution in [2.24, 2.45) is 5.92 Å². The van der Waals surface area contributed by atoms with Crippen molar-refractivity contribution in [1.82, 2.24) is 10.2 Å². The minimum Gasteiger partial charge on any atom is -0.491 e. The standard InChI is InChI=1S/C17H25ClN2O.ClH/c18-16-3-1-2-4-17(16)21-12-11-20-9-7-15(8-10-20)19-13-14-5-6-14;/h1-4,14-15,19H,5-13H2;1H. The maximum absolute atomic E-state index is 6.08. The number of hydrogen-bond acceptors (Lipinski definition) is 3. The van der Waals surface area contributed by atoms with Crippen molar-refractivity contribution in [3.8, 4) is 5.75 Å². The van der Waals surface area contributed by atoms with Crippen molar-refractivity contribution in [2.45, 2.75) is 31.7 Å². The normalized spacial score (nSPS) is 19.7. The third-order valence-corrected chi connectivity index (χ3v) is 4.79. The van der Waals surface area contributed by atoms with E-state index in [9.17, 15) is 0 Å². The average molecular weight is 345 g/mol. The molecule has 5 heteroatoms. The van der Waals surface area contributed by atoms with Crippen molar-refractivity contribution >= 4 is 24.0 Å². The van der Waals surface area contributed by atoms with Crippen molar-refractivity contribution in [2.75, 3.05) is 32.8 Å². The zero-order valence-corrected chi connectivity index (χ0v) is 14.5. The molecule has 1 aliphatic heterocycles. The molecule has 0 atom stereocenters. The summed E-state index contributed by atoms with van der Waals surface area (Å²) in [6.45, 7) is 5.28. The molecule has 1 saturated carbocycles. The van der Waals surface area contributed by atoms with Gasteiger partial charge in [-0.2, -0.15) is 0 Å². The Bertz CT molecular complexity index is 446. The van der Waals surface area contributed by atoms with E-state index in [1.165, 1.54) is 45.3 Å². The summed E-state index contributed by atoms with van der Waals surface area (Å²) in [6.07, 6.45) is 5.40. The topological polar surface area (TPSA) is 24.5 Å². The number of hydrogen-bond donors (Lipinski definition) is 1. The monoisotopic (exact) mass is 344 g/mol. The van der Waals surface area contributed by atoms with Crippen LogP contribution in [0.1, 0.15) is 25.7 Å². The Morgan fingerprint density at radius 2 is 1.86 bits per heavy atom. The Morgan fingerprint density at radius 1 is 1.14 bits per heavy atom. The first-order chi connectivity index (χ1) is 10.3. The van der Waals surface area contributed by atoms with E-state index in [0.717, 1.165) is 24.3 Å². The summed E-state index contributed by atoms with van der Waals surface area (Å²) in [5.41, 5.74) is 0. The number of nitrogens with one attached hydrogen (secondary N) is 1. The molecule has 0 spiro atoms. The summed E-state index contributed by atoms with van der Waals surface area (Å²) in [6, 6.07) is 8.41. The Labute approximate surface area is 144 Å². The molecule has 2 fully saturated rings. The lowest BCUT2D eigenvalue weighted by Crippen LogP contribution is -2.44. The molecule has 1 aromatic rings. The molecule has 3 rings (SSSR count). The van der Waals surface area contributed by atoms with Gasteiger partial charge in [-0.1, -0.05) is 23.7 Å². The van der Waals surface area contributed by atoms with Gasteiger partial charge in [-0.05, 0) is 63.4 Å². The summed E-state index contributed by atoms with van der Waals surface area (Å²) >= 11 is 6.08. The molecule has 0 bridgehead atoms. The lowest BCUT2D eigenvalue weighted by molar-refractivity contribution is 0.164. The molecular formula is C17H26Cl2N2O. The average Bonchev–Trinajstić information content (AvgIpc) is 3.33. The molecule has 124 valence electrons. The van der Waals surface area contributed by atoms with Crippen LogP contribution in [-0.4, -0.2) is 43.7 Å². The molecule has 22 heavy (non-hydrogen) atoms. The van der Waals surface area contributed by atoms with Gasteiger partial charge >= 0.3 is 0 Å². The number of nitrogens with zero attached hydrogens (tertiary/aromatic N) is 1. The van der Waals surface area contributed by atoms with Gasteiger partial charge in [0, 0.05) is 12.6 Å². The predicted molar refractivity (Wildman–Crippen MR) is 94.4 cm³/mol. The molecule has 1 heterocycles. The molecule has 1 saturated heterocycles. The summed E-state index contributed by atoms with van der Waals surface area (Å²) in [5, 5.41) is 4.41. The first-order valence-electron chi connectivity index (χ1n) is 8.14. The number of ether oxygens (including phenoxy) is 1. The zero-order chi connectivity index (χ0) is 14.5. The SMILES string of the molecule is Cl.Clc1ccccc1OCCN1CCC(NCC2CC2)CC1. The molecule has 1 N–H and O–H groups in total. The minimum atomic E-state index is 0. The maximum atomic E-state index is 6.08. The van der Waals surface area contributed by atoms with Crippen molar-refractivity contribution in [3.63, 3.8) is 0 Å². The number of benzene rings is 1. The first kappa shape index (κ1) is 17.9. The van der Waals surface area contributed by atoms with Gasteiger partial charge in [0.15, 0.2) is 0 Å². The lowest BCUT2D eigenvalue weighted by atomic mass is 10.0. The van der Waals surface area contributed by atoms with Crippen LogP contribution in [-0.2, 0) is 0 Å². The van der Waals surface area contributed by atoms with Crippen LogP contribution in [0.15, 0.2) is 24.3 Å². The highest BCUT2D eigenvalue weighted by Gasteiger charge is 2.24. The first-order valence-corrected chi connectivity index (χ1v) is 8.52. The number of para-hydroxylation sites is 1. The fourth-order valence-corrected chi connectivity index (χ4v) is 3.05. The molecule has 0 unspecified atom stereocenters. The highest BCUT2D eigenvalue weighted by atomic mass is 35.5. The fourth-order valence-electron chi connectivity index (χ4n) is 2.86. The van der Waals surface area contributed by atoms with Gasteiger partial charge in [0.2, 0.25) is 0 Å². The van der Waals surface area contributed by atoms with Crippen LogP contribution in [0.25, 0.3) is 0 Å². The third-order valence-electron chi connectivity index (χ3n) is 4.48. The van der Waals surface area contributed by atoms with Gasteiger partial charge in [-0.3, -0.25) is 4.90 Å². The second-order valence-corrected chi connectivity index (χ2v) is 6.65. The van der Waals surface area contributed by atoms with Gasteiger partial charge in [0.1, 0.15) is 12.4 Å². The van der Waals surface area contributed by atoms with E-state index in [0.29, 0.717) is 11.6 Å². The van der Waals surface area contributed by atoms with Crippen molar-refractivity contribution in [1.29, 1.82) is 0 Å². The molecule has 0 radical (unpaired) electrons. The van der Waals surface area contributed by atoms with Crippen LogP contribution in [0.3, 0.4) is 0 Å². The largest absolute Gasteiger partial charge is 0.491 e. The highest BCUT2D eigenvalue weighted by molar-refractivity contribution is 6.32. The smallest absolute Gasteiger partial charge is 0.137 e. The Morgan fingerprint density at radius 3 is 2.55 bits per heavy atom. The quantitative estimate of drug-likeness (QED) is 0.817. The summed E-state index contributed by atoms with van der Waals surface area (Å²) in [4.78, 5) is 2.49. The van der Waals surface area contributed by atoms with Crippen LogP contribution < -0.4 is 10.1 Å². The van der Waals surface area contributed by atoms with Crippen LogP contribution in [0.2, 0.25) is 5.02 Å². The minimum absolute atomic E-state index is 0. The van der Waals surface area contributed by atoms with Crippen LogP contribution in [0.4, 0.5) is 0 Å². The van der Waals surface area contributed by atoms with Gasteiger partial charge in [-0.25, -0.2) is 0 Å². The summed E-state index contributed by atoms with van der Waals surface area (Å²) in [7, 11) is 0. The van der Waals surface area contributed by atoms with E-state index in [1.807, 2.05) is 24.3 Å². The predicted octanol–water partition coefficient (Wildman–Crippen LogP) is 3.60. The highest BCUT2D eigenvalue weighted by Crippen LogP contribution is 2.28. The van der Waals surface area contributed by atoms with Crippen molar-refractivity contribution in [3.05, 3.63) is 29.3 Å². The summed E-state index contributed by atoms with van der Waals surface area (Å²) in [5.74, 6) is 1.77. The Hall–Kier alpha value is -0.480. The molecular weight excluding hydrogens is 319 g/mol. The molecule has 0 aromatic heterocycles. The van der Waals surface area contributed by atoms with E-state index in [1.54, 1.807) is 0 Å². The Balaban J connectivity index is 0.00000176. The number of piperidine rings is 1. The fraction of sp³-hybridized carbons (Fsp3) is 0.647. The van der Waals surface area contributed by atoms with Gasteiger partial charge in [0.25, 0.3) is 0 Å². The van der Waals surface area contributed by atoms with Crippen LogP contribution in [0.5, 0.6) is 5.75 Å². The van der Waals surface area contributed by atoms with Crippen molar-refractivity contribution < 1.29 is 4.74 Å². The van der Waals surface area contributed by atoms with Crippen LogP contribution in [0, 0.1) is 5.92 Å². The molecule has 3 nitrogen and oxygen atoms in total. The molecule has 2 aliphatic rings. The maximum Gasteiger partial charge on any atom is 0.137 e. The van der Waals surface area contributed by atoms with E-state index >= 15 is 0 Å². The number of likely N-dealkylation sites (tertiary alicyclic amines) is 1. The number of rotatable bonds is 7. The molecule has 0 amide bonds. The van der Waals surface area contributed by atoms with Gasteiger partial charge < -0.3 is 10.1 Å². The Kier molecular flexibility index (Phi) is 7.29. The summed E-state index contributed by atoms with van der Waals surface area (Å²) < 4.78 is 5.76. The number of halogens is 2. The second-order valence-electron chi connectivity index (χ2n) is 6.25. The van der Waals surface area contributed by atoms with E-state index < -0.39 is 0 Å². The molecule has 1 aromatic carbocycles. The lowest BCUT2D eigenvalue weighted by Gasteiger charge is -2.32. The molecule has 1 aliphatic carbocycles. The van der Waals surface area contributed by atoms with E-state index in [4.69, 9.17) is 16.3 Å².